The first-order chi connectivity index (χ1) is 19.0. The van der Waals surface area contributed by atoms with Crippen molar-refractivity contribution in [2.75, 3.05) is 44.8 Å². The molecule has 0 spiro atoms. The van der Waals surface area contributed by atoms with Crippen LogP contribution in [0.5, 0.6) is 5.75 Å². The van der Waals surface area contributed by atoms with Crippen molar-refractivity contribution < 1.29 is 28.3 Å². The Kier molecular flexibility index (Phi) is 8.47. The Hall–Kier alpha value is -3.84. The van der Waals surface area contributed by atoms with Crippen molar-refractivity contribution in [2.45, 2.75) is 31.9 Å². The van der Waals surface area contributed by atoms with E-state index in [9.17, 15) is 9.59 Å². The Morgan fingerprint density at radius 3 is 2.23 bits per heavy atom. The highest BCUT2D eigenvalue weighted by atomic mass is 16.6. The molecule has 1 atom stereocenters. The summed E-state index contributed by atoms with van der Waals surface area (Å²) in [4.78, 5) is 26.9. The van der Waals surface area contributed by atoms with Gasteiger partial charge in [0.05, 0.1) is 45.5 Å². The minimum Gasteiger partial charge on any atom is -0.493 e. The number of carbonyl (C=O) groups excluding carboxylic acids is 2. The number of rotatable bonds is 10. The van der Waals surface area contributed by atoms with Crippen LogP contribution in [0.3, 0.4) is 0 Å². The zero-order valence-corrected chi connectivity index (χ0v) is 22.5. The Balaban J connectivity index is 1.17. The van der Waals surface area contributed by atoms with Crippen LogP contribution in [0.4, 0.5) is 10.5 Å². The lowest BCUT2D eigenvalue weighted by atomic mass is 9.83. The highest BCUT2D eigenvalue weighted by molar-refractivity contribution is 5.89. The molecule has 0 aromatic heterocycles. The summed E-state index contributed by atoms with van der Waals surface area (Å²) in [5, 5.41) is 0. The molecule has 0 N–H and O–H groups in total. The van der Waals surface area contributed by atoms with E-state index in [1.165, 1.54) is 7.11 Å². The van der Waals surface area contributed by atoms with E-state index in [2.05, 4.69) is 0 Å². The van der Waals surface area contributed by atoms with Gasteiger partial charge in [0.1, 0.15) is 12.3 Å². The third-order valence-electron chi connectivity index (χ3n) is 8.09. The molecule has 7 nitrogen and oxygen atoms in total. The first-order valence-corrected chi connectivity index (χ1v) is 13.8. The lowest BCUT2D eigenvalue weighted by Crippen LogP contribution is -2.65. The Morgan fingerprint density at radius 1 is 0.897 bits per heavy atom. The van der Waals surface area contributed by atoms with Gasteiger partial charge in [-0.2, -0.15) is 0 Å². The third kappa shape index (κ3) is 6.60. The van der Waals surface area contributed by atoms with Crippen molar-refractivity contribution in [3.05, 3.63) is 96.1 Å². The number of ether oxygens (including phenoxy) is 3. The number of amides is 1. The van der Waals surface area contributed by atoms with Crippen LogP contribution in [0.25, 0.3) is 0 Å². The van der Waals surface area contributed by atoms with Gasteiger partial charge in [0.25, 0.3) is 0 Å². The molecule has 3 aromatic carbocycles. The lowest BCUT2D eigenvalue weighted by molar-refractivity contribution is -0.946. The molecule has 3 aliphatic heterocycles. The minimum absolute atomic E-state index is 0.0752. The second-order valence-electron chi connectivity index (χ2n) is 10.6. The molecule has 3 fully saturated rings. The van der Waals surface area contributed by atoms with Gasteiger partial charge >= 0.3 is 12.1 Å². The van der Waals surface area contributed by atoms with Crippen LogP contribution < -0.4 is 9.64 Å². The SMILES string of the molecule is COC(=O)c1ccc(OCCC[N+]23CCC(CC2)[C@@H](OC(=O)N(Cc2ccccc2)c2ccccc2)C3)cc1. The van der Waals surface area contributed by atoms with Crippen LogP contribution >= 0.6 is 0 Å². The lowest BCUT2D eigenvalue weighted by Gasteiger charge is -2.52. The number of esters is 1. The van der Waals surface area contributed by atoms with Gasteiger partial charge in [0.2, 0.25) is 0 Å². The van der Waals surface area contributed by atoms with Crippen molar-refractivity contribution in [1.82, 2.24) is 0 Å². The molecular weight excluding hydrogens is 492 g/mol. The summed E-state index contributed by atoms with van der Waals surface area (Å²) in [7, 11) is 1.37. The second-order valence-corrected chi connectivity index (χ2v) is 10.6. The van der Waals surface area contributed by atoms with Crippen molar-refractivity contribution in [3.8, 4) is 5.75 Å². The number of nitrogens with zero attached hydrogens (tertiary/aromatic N) is 2. The number of anilines is 1. The molecule has 3 heterocycles. The van der Waals surface area contributed by atoms with Crippen molar-refractivity contribution in [2.24, 2.45) is 5.92 Å². The van der Waals surface area contributed by atoms with Gasteiger partial charge in [-0.05, 0) is 42.0 Å². The van der Waals surface area contributed by atoms with Gasteiger partial charge in [-0.3, -0.25) is 4.90 Å². The molecule has 0 radical (unpaired) electrons. The molecule has 39 heavy (non-hydrogen) atoms. The minimum atomic E-state index is -0.354. The molecular formula is C32H37N2O5+. The molecule has 2 bridgehead atoms. The van der Waals surface area contributed by atoms with Crippen molar-refractivity contribution in [1.29, 1.82) is 0 Å². The largest absolute Gasteiger partial charge is 0.493 e. The van der Waals surface area contributed by atoms with Crippen LogP contribution in [0, 0.1) is 5.92 Å². The van der Waals surface area contributed by atoms with Gasteiger partial charge < -0.3 is 18.7 Å². The first-order valence-electron chi connectivity index (χ1n) is 13.8. The molecule has 3 aromatic rings. The fourth-order valence-corrected chi connectivity index (χ4v) is 5.89. The van der Waals surface area contributed by atoms with Crippen LogP contribution in [-0.2, 0) is 16.0 Å². The van der Waals surface area contributed by atoms with E-state index in [1.807, 2.05) is 60.7 Å². The maximum absolute atomic E-state index is 13.5. The molecule has 3 aliphatic rings. The summed E-state index contributed by atoms with van der Waals surface area (Å²) in [5.41, 5.74) is 2.42. The Bertz CT molecular complexity index is 1220. The average Bonchev–Trinajstić information content (AvgIpc) is 2.99. The maximum atomic E-state index is 13.5. The summed E-state index contributed by atoms with van der Waals surface area (Å²) in [6, 6.07) is 26.8. The normalized spacial score (nSPS) is 21.7. The molecule has 6 rings (SSSR count). The number of methoxy groups -OCH3 is 1. The Labute approximate surface area is 230 Å². The molecule has 204 valence electrons. The topological polar surface area (TPSA) is 65.1 Å². The fourth-order valence-electron chi connectivity index (χ4n) is 5.89. The second kappa shape index (κ2) is 12.3. The number of hydrogen-bond acceptors (Lipinski definition) is 5. The number of hydrogen-bond donors (Lipinski definition) is 0. The van der Waals surface area contributed by atoms with Gasteiger partial charge in [0.15, 0.2) is 6.10 Å². The number of para-hydroxylation sites is 1. The van der Waals surface area contributed by atoms with E-state index in [-0.39, 0.29) is 18.2 Å². The molecule has 7 heteroatoms. The number of carbonyl (C=O) groups is 2. The van der Waals surface area contributed by atoms with E-state index < -0.39 is 0 Å². The highest BCUT2D eigenvalue weighted by Crippen LogP contribution is 2.36. The quantitative estimate of drug-likeness (QED) is 0.192. The van der Waals surface area contributed by atoms with E-state index in [1.54, 1.807) is 29.2 Å². The smallest absolute Gasteiger partial charge is 0.415 e. The third-order valence-corrected chi connectivity index (χ3v) is 8.09. The number of piperidine rings is 3. The van der Waals surface area contributed by atoms with E-state index in [0.29, 0.717) is 24.6 Å². The van der Waals surface area contributed by atoms with Gasteiger partial charge in [0, 0.05) is 30.9 Å². The summed E-state index contributed by atoms with van der Waals surface area (Å²) >= 11 is 0. The summed E-state index contributed by atoms with van der Waals surface area (Å²) in [6.45, 7) is 5.17. The standard InChI is InChI=1S/C32H37N2O5/c1-37-31(35)27-13-15-29(16-14-27)38-22-8-19-34-20-17-26(18-21-34)30(24-34)39-32(36)33(28-11-6-3-7-12-28)23-25-9-4-2-5-10-25/h2-7,9-16,26,30H,8,17-24H2,1H3/q+1/t26?,30-,34?/m0/s1. The molecule has 0 aliphatic carbocycles. The summed E-state index contributed by atoms with van der Waals surface area (Å²) in [5.74, 6) is 0.812. The summed E-state index contributed by atoms with van der Waals surface area (Å²) < 4.78 is 17.9. The van der Waals surface area contributed by atoms with Gasteiger partial charge in [-0.25, -0.2) is 9.59 Å². The van der Waals surface area contributed by atoms with Crippen molar-refractivity contribution in [3.63, 3.8) is 0 Å². The predicted molar refractivity (Wildman–Crippen MR) is 150 cm³/mol. The molecule has 0 saturated carbocycles. The Morgan fingerprint density at radius 2 is 1.56 bits per heavy atom. The number of quaternary nitrogens is 1. The molecule has 3 saturated heterocycles. The highest BCUT2D eigenvalue weighted by Gasteiger charge is 2.47. The van der Waals surface area contributed by atoms with Gasteiger partial charge in [-0.15, -0.1) is 0 Å². The van der Waals surface area contributed by atoms with Crippen LogP contribution in [0.15, 0.2) is 84.9 Å². The summed E-state index contributed by atoms with van der Waals surface area (Å²) in [6.07, 6.45) is 2.72. The number of benzene rings is 3. The average molecular weight is 530 g/mol. The van der Waals surface area contributed by atoms with E-state index in [4.69, 9.17) is 14.2 Å². The predicted octanol–water partition coefficient (Wildman–Crippen LogP) is 5.69. The van der Waals surface area contributed by atoms with Crippen LogP contribution in [-0.4, -0.2) is 62.5 Å². The first kappa shape index (κ1) is 26.8. The number of fused-ring (bicyclic) bond motifs is 3. The zero-order valence-electron chi connectivity index (χ0n) is 22.5. The van der Waals surface area contributed by atoms with E-state index in [0.717, 1.165) is 66.9 Å². The maximum Gasteiger partial charge on any atom is 0.415 e. The molecule has 0 unspecified atom stereocenters. The fraction of sp³-hybridized carbons (Fsp3) is 0.375. The van der Waals surface area contributed by atoms with Crippen molar-refractivity contribution >= 4 is 17.7 Å². The van der Waals surface area contributed by atoms with E-state index >= 15 is 0 Å². The monoisotopic (exact) mass is 529 g/mol. The zero-order chi connectivity index (χ0) is 27.1. The van der Waals surface area contributed by atoms with Crippen LogP contribution in [0.2, 0.25) is 0 Å². The van der Waals surface area contributed by atoms with Crippen LogP contribution in [0.1, 0.15) is 35.2 Å². The molecule has 1 amide bonds. The van der Waals surface area contributed by atoms with Gasteiger partial charge in [-0.1, -0.05) is 48.5 Å².